The van der Waals surface area contributed by atoms with Gasteiger partial charge in [0.25, 0.3) is 0 Å². The van der Waals surface area contributed by atoms with Crippen LogP contribution in [-0.2, 0) is 4.79 Å². The minimum absolute atomic E-state index is 0.00708. The number of carbonyl (C=O) groups is 1. The predicted molar refractivity (Wildman–Crippen MR) is 97.2 cm³/mol. The van der Waals surface area contributed by atoms with Crippen molar-refractivity contribution in [3.8, 4) is 5.75 Å². The van der Waals surface area contributed by atoms with Crippen LogP contribution in [0.1, 0.15) is 38.8 Å². The maximum atomic E-state index is 14.1. The van der Waals surface area contributed by atoms with E-state index in [1.54, 1.807) is 32.0 Å². The lowest BCUT2D eigenvalue weighted by Gasteiger charge is -2.31. The first-order chi connectivity index (χ1) is 12.6. The second-order valence-corrected chi connectivity index (χ2v) is 7.48. The number of halogens is 3. The van der Waals surface area contributed by atoms with Gasteiger partial charge in [-0.05, 0) is 43.2 Å². The van der Waals surface area contributed by atoms with Crippen LogP contribution in [0.4, 0.5) is 13.2 Å². The van der Waals surface area contributed by atoms with Crippen LogP contribution in [0.5, 0.6) is 5.75 Å². The number of hydrazine groups is 1. The number of amides is 1. The smallest absolute Gasteiger partial charge is 0.410 e. The highest BCUT2D eigenvalue weighted by atomic mass is 19.4. The summed E-state index contributed by atoms with van der Waals surface area (Å²) in [6, 6.07) is 8.37. The molecule has 146 valence electrons. The molecule has 27 heavy (non-hydrogen) atoms. The summed E-state index contributed by atoms with van der Waals surface area (Å²) in [5.41, 5.74) is 1.51. The molecule has 1 saturated heterocycles. The first-order valence-electron chi connectivity index (χ1n) is 8.93. The van der Waals surface area contributed by atoms with E-state index in [0.717, 1.165) is 10.4 Å². The molecular formula is C20H23F3N2O2. The number of ether oxygens (including phenoxy) is 1. The fraction of sp³-hybridized carbons (Fsp3) is 0.450. The molecular weight excluding hydrogens is 357 g/mol. The topological polar surface area (TPSA) is 41.6 Å². The molecule has 0 unspecified atom stereocenters. The maximum Gasteiger partial charge on any atom is 0.410 e. The standard InChI is InChI=1S/C20H23F3N2O2/c1-4-9-27-16-11-14-8-6-5-7-13(14)10-15(16)17(20(21,22)23)25-12-19(2,3)18(26)24-25/h5-8,10-11,17H,4,9,12H2,1-3H3,(H,24,26)/t17-/m0/s1. The van der Waals surface area contributed by atoms with Gasteiger partial charge < -0.3 is 4.74 Å². The Morgan fingerprint density at radius 3 is 2.37 bits per heavy atom. The molecule has 1 amide bonds. The van der Waals surface area contributed by atoms with E-state index in [1.165, 1.54) is 6.07 Å². The molecule has 0 aromatic heterocycles. The minimum atomic E-state index is -4.58. The van der Waals surface area contributed by atoms with Gasteiger partial charge in [0.1, 0.15) is 5.75 Å². The van der Waals surface area contributed by atoms with Crippen LogP contribution >= 0.6 is 0 Å². The van der Waals surface area contributed by atoms with Crippen LogP contribution in [0.25, 0.3) is 10.8 Å². The van der Waals surface area contributed by atoms with Crippen molar-refractivity contribution in [3.63, 3.8) is 0 Å². The van der Waals surface area contributed by atoms with Gasteiger partial charge in [-0.1, -0.05) is 31.2 Å². The highest BCUT2D eigenvalue weighted by Gasteiger charge is 2.52. The number of alkyl halides is 3. The Morgan fingerprint density at radius 1 is 1.22 bits per heavy atom. The molecule has 1 atom stereocenters. The van der Waals surface area contributed by atoms with E-state index in [4.69, 9.17) is 4.74 Å². The van der Waals surface area contributed by atoms with Gasteiger partial charge >= 0.3 is 6.18 Å². The molecule has 1 aliphatic rings. The molecule has 1 aliphatic heterocycles. The zero-order chi connectivity index (χ0) is 19.8. The molecule has 0 saturated carbocycles. The normalized spacial score (nSPS) is 18.5. The van der Waals surface area contributed by atoms with E-state index in [2.05, 4.69) is 5.43 Å². The zero-order valence-corrected chi connectivity index (χ0v) is 15.6. The summed E-state index contributed by atoms with van der Waals surface area (Å²) < 4.78 is 47.9. The molecule has 2 aromatic carbocycles. The van der Waals surface area contributed by atoms with Gasteiger partial charge in [0.15, 0.2) is 6.04 Å². The Kier molecular flexibility index (Phi) is 5.08. The molecule has 7 heteroatoms. The van der Waals surface area contributed by atoms with Gasteiger partial charge in [-0.25, -0.2) is 5.01 Å². The van der Waals surface area contributed by atoms with Crippen molar-refractivity contribution in [1.82, 2.24) is 10.4 Å². The summed E-state index contributed by atoms with van der Waals surface area (Å²) in [6.45, 7) is 5.42. The lowest BCUT2D eigenvalue weighted by atomic mass is 9.93. The lowest BCUT2D eigenvalue weighted by Crippen LogP contribution is -2.43. The second kappa shape index (κ2) is 7.03. The van der Waals surface area contributed by atoms with Gasteiger partial charge in [0, 0.05) is 12.1 Å². The van der Waals surface area contributed by atoms with E-state index in [1.807, 2.05) is 19.1 Å². The molecule has 0 bridgehead atoms. The van der Waals surface area contributed by atoms with Crippen molar-refractivity contribution in [2.24, 2.45) is 5.41 Å². The highest BCUT2D eigenvalue weighted by Crippen LogP contribution is 2.44. The van der Waals surface area contributed by atoms with Gasteiger partial charge in [-0.3, -0.25) is 10.2 Å². The third-order valence-corrected chi connectivity index (χ3v) is 4.68. The molecule has 1 heterocycles. The van der Waals surface area contributed by atoms with E-state index in [-0.39, 0.29) is 17.9 Å². The number of nitrogens with one attached hydrogen (secondary N) is 1. The first kappa shape index (κ1) is 19.5. The van der Waals surface area contributed by atoms with Crippen LogP contribution in [-0.4, -0.2) is 30.2 Å². The Labute approximate surface area is 156 Å². The fourth-order valence-electron chi connectivity index (χ4n) is 3.28. The van der Waals surface area contributed by atoms with Crippen molar-refractivity contribution in [1.29, 1.82) is 0 Å². The van der Waals surface area contributed by atoms with Crippen molar-refractivity contribution in [2.75, 3.05) is 13.2 Å². The molecule has 0 aliphatic carbocycles. The summed E-state index contributed by atoms with van der Waals surface area (Å²) in [6.07, 6.45) is -3.91. The number of nitrogens with zero attached hydrogens (tertiary/aromatic N) is 1. The van der Waals surface area contributed by atoms with Gasteiger partial charge in [0.2, 0.25) is 5.91 Å². The summed E-state index contributed by atoms with van der Waals surface area (Å²) in [5.74, 6) is -0.231. The third kappa shape index (κ3) is 3.88. The summed E-state index contributed by atoms with van der Waals surface area (Å²) in [4.78, 5) is 12.1. The number of hydrogen-bond acceptors (Lipinski definition) is 3. The molecule has 1 fully saturated rings. The summed E-state index contributed by atoms with van der Waals surface area (Å²) in [5, 5.41) is 2.47. The van der Waals surface area contributed by atoms with E-state index >= 15 is 0 Å². The van der Waals surface area contributed by atoms with E-state index < -0.39 is 23.5 Å². The number of carbonyl (C=O) groups excluding carboxylic acids is 1. The molecule has 1 N–H and O–H groups in total. The fourth-order valence-corrected chi connectivity index (χ4v) is 3.28. The number of fused-ring (bicyclic) bond motifs is 1. The second-order valence-electron chi connectivity index (χ2n) is 7.48. The number of rotatable bonds is 5. The molecule has 0 spiro atoms. The van der Waals surface area contributed by atoms with Crippen LogP contribution in [0.15, 0.2) is 36.4 Å². The number of benzene rings is 2. The Balaban J connectivity index is 2.13. The SMILES string of the molecule is CCCOc1cc2ccccc2cc1[C@H](N1CC(C)(C)C(=O)N1)C(F)(F)F. The first-order valence-corrected chi connectivity index (χ1v) is 8.93. The van der Waals surface area contributed by atoms with E-state index in [9.17, 15) is 18.0 Å². The van der Waals surface area contributed by atoms with Crippen LogP contribution in [0.3, 0.4) is 0 Å². The van der Waals surface area contributed by atoms with Gasteiger partial charge in [0.05, 0.1) is 12.0 Å². The van der Waals surface area contributed by atoms with Crippen LogP contribution in [0.2, 0.25) is 0 Å². The molecule has 4 nitrogen and oxygen atoms in total. The predicted octanol–water partition coefficient (Wildman–Crippen LogP) is 4.61. The third-order valence-electron chi connectivity index (χ3n) is 4.68. The number of hydrogen-bond donors (Lipinski definition) is 1. The zero-order valence-electron chi connectivity index (χ0n) is 15.6. The minimum Gasteiger partial charge on any atom is -0.493 e. The molecule has 3 rings (SSSR count). The van der Waals surface area contributed by atoms with E-state index in [0.29, 0.717) is 18.4 Å². The van der Waals surface area contributed by atoms with Crippen molar-refractivity contribution >= 4 is 16.7 Å². The molecule has 2 aromatic rings. The quantitative estimate of drug-likeness (QED) is 0.824. The highest BCUT2D eigenvalue weighted by molar-refractivity contribution is 5.86. The average molecular weight is 380 g/mol. The van der Waals surface area contributed by atoms with Crippen LogP contribution in [0, 0.1) is 5.41 Å². The summed E-state index contributed by atoms with van der Waals surface area (Å²) >= 11 is 0. The van der Waals surface area contributed by atoms with Crippen molar-refractivity contribution in [2.45, 2.75) is 39.4 Å². The Hall–Kier alpha value is -2.28. The lowest BCUT2D eigenvalue weighted by molar-refractivity contribution is -0.192. The van der Waals surface area contributed by atoms with Crippen molar-refractivity contribution < 1.29 is 22.7 Å². The average Bonchev–Trinajstić information content (AvgIpc) is 2.84. The molecule has 0 radical (unpaired) electrons. The largest absolute Gasteiger partial charge is 0.493 e. The van der Waals surface area contributed by atoms with Crippen molar-refractivity contribution in [3.05, 3.63) is 42.0 Å². The van der Waals surface area contributed by atoms with Crippen LogP contribution < -0.4 is 10.2 Å². The maximum absolute atomic E-state index is 14.1. The van der Waals surface area contributed by atoms with Gasteiger partial charge in [-0.15, -0.1) is 0 Å². The monoisotopic (exact) mass is 380 g/mol. The Bertz CT molecular complexity index is 849. The summed E-state index contributed by atoms with van der Waals surface area (Å²) in [7, 11) is 0. The Morgan fingerprint density at radius 2 is 1.85 bits per heavy atom. The van der Waals surface area contributed by atoms with Gasteiger partial charge in [-0.2, -0.15) is 13.2 Å².